The molecule has 1 fully saturated rings. The van der Waals surface area contributed by atoms with Crippen LogP contribution in [0.4, 0.5) is 0 Å². The average Bonchev–Trinajstić information content (AvgIpc) is 3.25. The van der Waals surface area contributed by atoms with Crippen LogP contribution >= 0.6 is 11.6 Å². The maximum absolute atomic E-state index is 12.5. The first-order valence-corrected chi connectivity index (χ1v) is 10.2. The van der Waals surface area contributed by atoms with Crippen molar-refractivity contribution < 1.29 is 9.53 Å². The summed E-state index contributed by atoms with van der Waals surface area (Å²) in [5.74, 6) is 0.481. The number of methoxy groups -OCH3 is 1. The number of para-hydroxylation sites is 1. The average molecular weight is 427 g/mol. The lowest BCUT2D eigenvalue weighted by molar-refractivity contribution is -0.148. The third kappa shape index (κ3) is 4.35. The lowest BCUT2D eigenvalue weighted by Gasteiger charge is -2.38. The Morgan fingerprint density at radius 2 is 1.77 bits per heavy atom. The SMILES string of the molecule is COC(=O)C(c1ccccc1Cl)N1CCN(Cc2nnnn2-c2ccccc2)CC1. The molecule has 0 spiro atoms. The molecule has 1 unspecified atom stereocenters. The molecule has 0 radical (unpaired) electrons. The second kappa shape index (κ2) is 9.34. The molecule has 0 aliphatic carbocycles. The van der Waals surface area contributed by atoms with E-state index in [0.717, 1.165) is 30.2 Å². The molecule has 9 heteroatoms. The molecule has 30 heavy (non-hydrogen) atoms. The van der Waals surface area contributed by atoms with Crippen LogP contribution in [-0.2, 0) is 16.1 Å². The lowest BCUT2D eigenvalue weighted by atomic mass is 10.0. The van der Waals surface area contributed by atoms with E-state index >= 15 is 0 Å². The smallest absolute Gasteiger partial charge is 0.327 e. The van der Waals surface area contributed by atoms with Gasteiger partial charge in [-0.2, -0.15) is 4.68 Å². The van der Waals surface area contributed by atoms with Gasteiger partial charge in [0.25, 0.3) is 0 Å². The fourth-order valence-electron chi connectivity index (χ4n) is 3.73. The maximum Gasteiger partial charge on any atom is 0.327 e. The van der Waals surface area contributed by atoms with Gasteiger partial charge in [0.2, 0.25) is 0 Å². The summed E-state index contributed by atoms with van der Waals surface area (Å²) in [5, 5.41) is 12.7. The van der Waals surface area contributed by atoms with Crippen molar-refractivity contribution in [2.24, 2.45) is 0 Å². The fourth-order valence-corrected chi connectivity index (χ4v) is 3.97. The van der Waals surface area contributed by atoms with Crippen molar-refractivity contribution in [1.82, 2.24) is 30.0 Å². The van der Waals surface area contributed by atoms with Crippen molar-refractivity contribution in [3.63, 3.8) is 0 Å². The van der Waals surface area contributed by atoms with Gasteiger partial charge in [-0.1, -0.05) is 48.0 Å². The first kappa shape index (κ1) is 20.5. The van der Waals surface area contributed by atoms with Crippen molar-refractivity contribution >= 4 is 17.6 Å². The molecule has 4 rings (SSSR count). The van der Waals surface area contributed by atoms with E-state index in [9.17, 15) is 4.79 Å². The Labute approximate surface area is 180 Å². The number of halogens is 1. The molecule has 0 saturated carbocycles. The van der Waals surface area contributed by atoms with Crippen LogP contribution in [0.1, 0.15) is 17.4 Å². The summed E-state index contributed by atoms with van der Waals surface area (Å²) < 4.78 is 6.83. The van der Waals surface area contributed by atoms with Gasteiger partial charge in [0.15, 0.2) is 5.82 Å². The van der Waals surface area contributed by atoms with E-state index in [2.05, 4.69) is 25.3 Å². The zero-order valence-electron chi connectivity index (χ0n) is 16.7. The molecule has 2 aromatic carbocycles. The minimum Gasteiger partial charge on any atom is -0.468 e. The maximum atomic E-state index is 12.5. The summed E-state index contributed by atoms with van der Waals surface area (Å²) in [7, 11) is 1.41. The molecule has 156 valence electrons. The Morgan fingerprint density at radius 3 is 2.47 bits per heavy atom. The molecule has 3 aromatic rings. The number of hydrogen-bond acceptors (Lipinski definition) is 7. The quantitative estimate of drug-likeness (QED) is 0.560. The Balaban J connectivity index is 1.44. The molecule has 1 atom stereocenters. The minimum absolute atomic E-state index is 0.301. The van der Waals surface area contributed by atoms with Gasteiger partial charge in [-0.25, -0.2) is 4.79 Å². The van der Waals surface area contributed by atoms with Gasteiger partial charge >= 0.3 is 5.97 Å². The fraction of sp³-hybridized carbons (Fsp3) is 0.333. The highest BCUT2D eigenvalue weighted by Gasteiger charge is 2.32. The van der Waals surface area contributed by atoms with E-state index in [4.69, 9.17) is 16.3 Å². The number of hydrogen-bond donors (Lipinski definition) is 0. The van der Waals surface area contributed by atoms with Crippen LogP contribution in [0.5, 0.6) is 0 Å². The summed E-state index contributed by atoms with van der Waals surface area (Å²) in [6.07, 6.45) is 0. The molecule has 0 N–H and O–H groups in total. The number of carbonyl (C=O) groups excluding carboxylic acids is 1. The first-order chi connectivity index (χ1) is 14.7. The minimum atomic E-state index is -0.513. The second-order valence-electron chi connectivity index (χ2n) is 7.10. The van der Waals surface area contributed by atoms with E-state index in [1.165, 1.54) is 7.11 Å². The molecule has 1 saturated heterocycles. The van der Waals surface area contributed by atoms with Gasteiger partial charge in [-0.15, -0.1) is 5.10 Å². The lowest BCUT2D eigenvalue weighted by Crippen LogP contribution is -2.49. The van der Waals surface area contributed by atoms with E-state index in [1.807, 2.05) is 48.5 Å². The third-order valence-corrected chi connectivity index (χ3v) is 5.64. The predicted molar refractivity (Wildman–Crippen MR) is 112 cm³/mol. The standard InChI is InChI=1S/C21H23ClN6O2/c1-30-21(29)20(17-9-5-6-10-18(17)22)27-13-11-26(12-14-27)15-19-23-24-25-28(19)16-7-3-2-4-8-16/h2-10,20H,11-15H2,1H3. The predicted octanol–water partition coefficient (Wildman–Crippen LogP) is 2.35. The first-order valence-electron chi connectivity index (χ1n) is 9.78. The van der Waals surface area contributed by atoms with Crippen molar-refractivity contribution in [3.05, 3.63) is 71.0 Å². The monoisotopic (exact) mass is 426 g/mol. The number of tetrazole rings is 1. The number of rotatable bonds is 6. The Hall–Kier alpha value is -2.81. The summed E-state index contributed by atoms with van der Waals surface area (Å²) in [5.41, 5.74) is 1.70. The van der Waals surface area contributed by atoms with Crippen LogP contribution in [0.25, 0.3) is 5.69 Å². The largest absolute Gasteiger partial charge is 0.468 e. The van der Waals surface area contributed by atoms with Gasteiger partial charge in [0, 0.05) is 31.2 Å². The van der Waals surface area contributed by atoms with Crippen LogP contribution in [-0.4, -0.2) is 69.3 Å². The molecule has 1 aliphatic heterocycles. The van der Waals surface area contributed by atoms with Crippen molar-refractivity contribution in [2.45, 2.75) is 12.6 Å². The zero-order valence-corrected chi connectivity index (χ0v) is 17.4. The Kier molecular flexibility index (Phi) is 6.37. The Morgan fingerprint density at radius 1 is 1.07 bits per heavy atom. The highest BCUT2D eigenvalue weighted by Crippen LogP contribution is 2.29. The third-order valence-electron chi connectivity index (χ3n) is 5.30. The number of carbonyl (C=O) groups is 1. The number of aromatic nitrogens is 4. The number of benzene rings is 2. The van der Waals surface area contributed by atoms with Gasteiger partial charge in [0.05, 0.1) is 19.3 Å². The topological polar surface area (TPSA) is 76.4 Å². The van der Waals surface area contributed by atoms with Crippen molar-refractivity contribution in [3.8, 4) is 5.69 Å². The molecule has 0 bridgehead atoms. The van der Waals surface area contributed by atoms with Crippen molar-refractivity contribution in [2.75, 3.05) is 33.3 Å². The van der Waals surface area contributed by atoms with Crippen LogP contribution in [0.2, 0.25) is 5.02 Å². The Bertz CT molecular complexity index is 988. The molecular formula is C21H23ClN6O2. The molecule has 2 heterocycles. The van der Waals surface area contributed by atoms with Gasteiger partial charge in [-0.05, 0) is 34.2 Å². The van der Waals surface area contributed by atoms with Gasteiger partial charge < -0.3 is 4.74 Å². The van der Waals surface area contributed by atoms with E-state index in [-0.39, 0.29) is 5.97 Å². The van der Waals surface area contributed by atoms with E-state index < -0.39 is 6.04 Å². The van der Waals surface area contributed by atoms with Crippen LogP contribution in [0.15, 0.2) is 54.6 Å². The number of nitrogens with zero attached hydrogens (tertiary/aromatic N) is 6. The van der Waals surface area contributed by atoms with Gasteiger partial charge in [0.1, 0.15) is 6.04 Å². The summed E-state index contributed by atoms with van der Waals surface area (Å²) >= 11 is 6.37. The summed E-state index contributed by atoms with van der Waals surface area (Å²) in [6.45, 7) is 3.60. The van der Waals surface area contributed by atoms with Crippen LogP contribution in [0, 0.1) is 0 Å². The van der Waals surface area contributed by atoms with E-state index in [0.29, 0.717) is 24.7 Å². The number of piperazine rings is 1. The molecule has 1 aliphatic rings. The molecule has 0 amide bonds. The van der Waals surface area contributed by atoms with Crippen LogP contribution in [0.3, 0.4) is 0 Å². The summed E-state index contributed by atoms with van der Waals surface area (Å²) in [6, 6.07) is 16.7. The highest BCUT2D eigenvalue weighted by molar-refractivity contribution is 6.31. The molecule has 1 aromatic heterocycles. The van der Waals surface area contributed by atoms with E-state index in [1.54, 1.807) is 10.7 Å². The molecular weight excluding hydrogens is 404 g/mol. The normalized spacial score (nSPS) is 16.3. The highest BCUT2D eigenvalue weighted by atomic mass is 35.5. The van der Waals surface area contributed by atoms with Crippen molar-refractivity contribution in [1.29, 1.82) is 0 Å². The number of esters is 1. The second-order valence-corrected chi connectivity index (χ2v) is 7.51. The zero-order chi connectivity index (χ0) is 20.9. The van der Waals surface area contributed by atoms with Crippen LogP contribution < -0.4 is 0 Å². The summed E-state index contributed by atoms with van der Waals surface area (Å²) in [4.78, 5) is 16.9. The molecule has 8 nitrogen and oxygen atoms in total. The van der Waals surface area contributed by atoms with Gasteiger partial charge in [-0.3, -0.25) is 9.80 Å². The number of ether oxygens (including phenoxy) is 1.